The molecule has 0 unspecified atom stereocenters. The van der Waals surface area contributed by atoms with Crippen LogP contribution in [0.5, 0.6) is 0 Å². The van der Waals surface area contributed by atoms with Crippen LogP contribution < -0.4 is 0 Å². The van der Waals surface area contributed by atoms with E-state index in [0.717, 1.165) is 12.8 Å². The molecule has 0 N–H and O–H groups in total. The Morgan fingerprint density at radius 2 is 1.00 bits per heavy atom. The van der Waals surface area contributed by atoms with Gasteiger partial charge in [-0.1, -0.05) is 59.7 Å². The summed E-state index contributed by atoms with van der Waals surface area (Å²) < 4.78 is 0. The smallest absolute Gasteiger partial charge is 0.0313 e. The van der Waals surface area contributed by atoms with Crippen molar-refractivity contribution in [3.05, 3.63) is 70.8 Å². The molecule has 0 bridgehead atoms. The predicted octanol–water partition coefficient (Wildman–Crippen LogP) is 4.15. The van der Waals surface area contributed by atoms with E-state index in [2.05, 4.69) is 72.6 Å². The lowest BCUT2D eigenvalue weighted by atomic mass is 10.1. The number of hydrogen-bond acceptors (Lipinski definition) is 2. The number of rotatable bonds is 5. The SMILES string of the molecule is Cc1ccc(C/C=N/N=C/Cc2ccc(C)cc2)cc1. The van der Waals surface area contributed by atoms with Crippen LogP contribution in [0, 0.1) is 13.8 Å². The normalized spacial score (nSPS) is 11.5. The first-order chi connectivity index (χ1) is 9.74. The highest BCUT2D eigenvalue weighted by Crippen LogP contribution is 2.03. The molecule has 0 atom stereocenters. The summed E-state index contributed by atoms with van der Waals surface area (Å²) in [6.07, 6.45) is 5.33. The second-order valence-electron chi connectivity index (χ2n) is 4.98. The van der Waals surface area contributed by atoms with Gasteiger partial charge in [0, 0.05) is 25.3 Å². The van der Waals surface area contributed by atoms with Crippen molar-refractivity contribution < 1.29 is 0 Å². The fourth-order valence-corrected chi connectivity index (χ4v) is 1.84. The molecule has 102 valence electrons. The van der Waals surface area contributed by atoms with Gasteiger partial charge in [-0.25, -0.2) is 0 Å². The lowest BCUT2D eigenvalue weighted by Crippen LogP contribution is -1.87. The minimum Gasteiger partial charge on any atom is -0.164 e. The summed E-state index contributed by atoms with van der Waals surface area (Å²) in [6.45, 7) is 4.18. The molecule has 2 aromatic rings. The lowest BCUT2D eigenvalue weighted by Gasteiger charge is -1.96. The van der Waals surface area contributed by atoms with Gasteiger partial charge in [-0.05, 0) is 25.0 Å². The zero-order valence-electron chi connectivity index (χ0n) is 12.1. The number of benzene rings is 2. The maximum Gasteiger partial charge on any atom is 0.0313 e. The van der Waals surface area contributed by atoms with Gasteiger partial charge in [0.1, 0.15) is 0 Å². The molecule has 2 rings (SSSR count). The summed E-state index contributed by atoms with van der Waals surface area (Å²) in [5.41, 5.74) is 5.07. The monoisotopic (exact) mass is 264 g/mol. The highest BCUT2D eigenvalue weighted by Gasteiger charge is 1.90. The van der Waals surface area contributed by atoms with Crippen LogP contribution in [0.3, 0.4) is 0 Å². The van der Waals surface area contributed by atoms with E-state index >= 15 is 0 Å². The molecular formula is C18H20N2. The lowest BCUT2D eigenvalue weighted by molar-refractivity contribution is 1.20. The largest absolute Gasteiger partial charge is 0.164 e. The second kappa shape index (κ2) is 7.39. The standard InChI is InChI=1S/C18H20N2/c1-15-3-7-17(8-4-15)11-13-19-20-14-12-18-9-5-16(2)6-10-18/h3-10,13-14H,11-12H2,1-2H3/b19-13+,20-14+. The summed E-state index contributed by atoms with van der Waals surface area (Å²) in [5, 5.41) is 8.13. The van der Waals surface area contributed by atoms with Gasteiger partial charge >= 0.3 is 0 Å². The van der Waals surface area contributed by atoms with E-state index in [1.165, 1.54) is 22.3 Å². The summed E-state index contributed by atoms with van der Waals surface area (Å²) in [7, 11) is 0. The number of aryl methyl sites for hydroxylation is 2. The Morgan fingerprint density at radius 3 is 1.35 bits per heavy atom. The third-order valence-corrected chi connectivity index (χ3v) is 3.13. The van der Waals surface area contributed by atoms with Crippen molar-refractivity contribution in [3.63, 3.8) is 0 Å². The van der Waals surface area contributed by atoms with Crippen molar-refractivity contribution >= 4 is 12.4 Å². The quantitative estimate of drug-likeness (QED) is 0.572. The Morgan fingerprint density at radius 1 is 0.650 bits per heavy atom. The summed E-state index contributed by atoms with van der Waals surface area (Å²) in [6, 6.07) is 16.9. The Bertz CT molecular complexity index is 522. The molecule has 0 fully saturated rings. The molecule has 0 radical (unpaired) electrons. The first-order valence-electron chi connectivity index (χ1n) is 6.88. The van der Waals surface area contributed by atoms with Gasteiger partial charge in [0.05, 0.1) is 0 Å². The van der Waals surface area contributed by atoms with E-state index in [9.17, 15) is 0 Å². The summed E-state index contributed by atoms with van der Waals surface area (Å²) >= 11 is 0. The molecule has 2 heteroatoms. The van der Waals surface area contributed by atoms with Crippen molar-refractivity contribution in [1.29, 1.82) is 0 Å². The van der Waals surface area contributed by atoms with Crippen LogP contribution in [-0.2, 0) is 12.8 Å². The van der Waals surface area contributed by atoms with Crippen molar-refractivity contribution in [2.45, 2.75) is 26.7 Å². The zero-order valence-corrected chi connectivity index (χ0v) is 12.1. The average molecular weight is 264 g/mol. The third kappa shape index (κ3) is 4.81. The fourth-order valence-electron chi connectivity index (χ4n) is 1.84. The average Bonchev–Trinajstić information content (AvgIpc) is 2.46. The van der Waals surface area contributed by atoms with Gasteiger partial charge in [-0.15, -0.1) is 0 Å². The molecular weight excluding hydrogens is 244 g/mol. The van der Waals surface area contributed by atoms with Crippen LogP contribution in [0.15, 0.2) is 58.7 Å². The van der Waals surface area contributed by atoms with Crippen LogP contribution in [0.25, 0.3) is 0 Å². The van der Waals surface area contributed by atoms with E-state index in [-0.39, 0.29) is 0 Å². The number of hydrogen-bond donors (Lipinski definition) is 0. The Kier molecular flexibility index (Phi) is 5.24. The maximum atomic E-state index is 4.07. The van der Waals surface area contributed by atoms with Crippen LogP contribution in [0.2, 0.25) is 0 Å². The van der Waals surface area contributed by atoms with E-state index in [1.807, 2.05) is 12.4 Å². The van der Waals surface area contributed by atoms with Crippen molar-refractivity contribution in [3.8, 4) is 0 Å². The first-order valence-corrected chi connectivity index (χ1v) is 6.88. The van der Waals surface area contributed by atoms with Gasteiger partial charge < -0.3 is 0 Å². The molecule has 0 aliphatic rings. The predicted molar refractivity (Wildman–Crippen MR) is 86.8 cm³/mol. The van der Waals surface area contributed by atoms with Gasteiger partial charge in [0.2, 0.25) is 0 Å². The van der Waals surface area contributed by atoms with Crippen molar-refractivity contribution in [2.75, 3.05) is 0 Å². The van der Waals surface area contributed by atoms with Gasteiger partial charge in [-0.3, -0.25) is 0 Å². The van der Waals surface area contributed by atoms with Crippen LogP contribution >= 0.6 is 0 Å². The molecule has 0 saturated carbocycles. The summed E-state index contributed by atoms with van der Waals surface area (Å²) in [5.74, 6) is 0. The highest BCUT2D eigenvalue weighted by atomic mass is 15.2. The molecule has 0 heterocycles. The van der Waals surface area contributed by atoms with Gasteiger partial charge in [0.25, 0.3) is 0 Å². The summed E-state index contributed by atoms with van der Waals surface area (Å²) in [4.78, 5) is 0. The maximum absolute atomic E-state index is 4.07. The molecule has 2 aromatic carbocycles. The topological polar surface area (TPSA) is 24.7 Å². The fraction of sp³-hybridized carbons (Fsp3) is 0.222. The van der Waals surface area contributed by atoms with Crippen LogP contribution in [0.4, 0.5) is 0 Å². The molecule has 0 spiro atoms. The van der Waals surface area contributed by atoms with E-state index in [1.54, 1.807) is 0 Å². The highest BCUT2D eigenvalue weighted by molar-refractivity contribution is 5.65. The third-order valence-electron chi connectivity index (χ3n) is 3.13. The van der Waals surface area contributed by atoms with Crippen LogP contribution in [-0.4, -0.2) is 12.4 Å². The first kappa shape index (κ1) is 14.2. The molecule has 0 amide bonds. The van der Waals surface area contributed by atoms with Crippen LogP contribution in [0.1, 0.15) is 22.3 Å². The number of nitrogens with zero attached hydrogens (tertiary/aromatic N) is 2. The van der Waals surface area contributed by atoms with Gasteiger partial charge in [0.15, 0.2) is 0 Å². The second-order valence-corrected chi connectivity index (χ2v) is 4.98. The Hall–Kier alpha value is -2.22. The zero-order chi connectivity index (χ0) is 14.2. The molecule has 0 aliphatic heterocycles. The van der Waals surface area contributed by atoms with Crippen molar-refractivity contribution in [2.24, 2.45) is 10.2 Å². The molecule has 2 nitrogen and oxygen atoms in total. The van der Waals surface area contributed by atoms with Gasteiger partial charge in [-0.2, -0.15) is 10.2 Å². The minimum atomic E-state index is 0.822. The van der Waals surface area contributed by atoms with E-state index < -0.39 is 0 Å². The molecule has 0 saturated heterocycles. The molecule has 20 heavy (non-hydrogen) atoms. The molecule has 0 aliphatic carbocycles. The Balaban J connectivity index is 1.76. The minimum absolute atomic E-state index is 0.822. The van der Waals surface area contributed by atoms with E-state index in [4.69, 9.17) is 0 Å². The van der Waals surface area contributed by atoms with Crippen molar-refractivity contribution in [1.82, 2.24) is 0 Å². The van der Waals surface area contributed by atoms with E-state index in [0.29, 0.717) is 0 Å². The Labute approximate surface area is 120 Å². The molecule has 0 aromatic heterocycles.